The van der Waals surface area contributed by atoms with Crippen molar-refractivity contribution < 1.29 is 22.3 Å². The Balaban J connectivity index is 1.40. The van der Waals surface area contributed by atoms with Crippen LogP contribution in [0.1, 0.15) is 17.5 Å². The lowest BCUT2D eigenvalue weighted by molar-refractivity contribution is 0.174. The van der Waals surface area contributed by atoms with Crippen molar-refractivity contribution in [3.63, 3.8) is 0 Å². The van der Waals surface area contributed by atoms with Gasteiger partial charge in [-0.3, -0.25) is 4.90 Å². The van der Waals surface area contributed by atoms with Gasteiger partial charge < -0.3 is 9.47 Å². The molecule has 144 valence electrons. The summed E-state index contributed by atoms with van der Waals surface area (Å²) in [6.07, 6.45) is 0.706. The highest BCUT2D eigenvalue weighted by Gasteiger charge is 2.28. The second kappa shape index (κ2) is 7.10. The molecule has 1 atom stereocenters. The quantitative estimate of drug-likeness (QED) is 0.847. The fourth-order valence-electron chi connectivity index (χ4n) is 3.52. The van der Waals surface area contributed by atoms with Crippen LogP contribution in [0, 0.1) is 12.7 Å². The van der Waals surface area contributed by atoms with Gasteiger partial charge in [0, 0.05) is 25.7 Å². The Morgan fingerprint density at radius 3 is 2.85 bits per heavy atom. The van der Waals surface area contributed by atoms with Crippen LogP contribution in [0.3, 0.4) is 0 Å². The summed E-state index contributed by atoms with van der Waals surface area (Å²) in [6, 6.07) is 9.43. The fraction of sp³-hybridized carbons (Fsp3) is 0.368. The van der Waals surface area contributed by atoms with Crippen molar-refractivity contribution in [1.82, 2.24) is 9.62 Å². The maximum absolute atomic E-state index is 13.5. The van der Waals surface area contributed by atoms with Gasteiger partial charge in [-0.1, -0.05) is 12.1 Å². The summed E-state index contributed by atoms with van der Waals surface area (Å²) in [6.45, 7) is 3.99. The Labute approximate surface area is 157 Å². The molecule has 0 saturated carbocycles. The number of aryl methyl sites for hydroxylation is 1. The maximum Gasteiger partial charge on any atom is 0.241 e. The van der Waals surface area contributed by atoms with Gasteiger partial charge in [0.25, 0.3) is 0 Å². The number of likely N-dealkylation sites (tertiary alicyclic amines) is 1. The Hall–Kier alpha value is -2.16. The zero-order valence-electron chi connectivity index (χ0n) is 14.9. The number of halogens is 1. The third kappa shape index (κ3) is 3.92. The summed E-state index contributed by atoms with van der Waals surface area (Å²) >= 11 is 0. The predicted octanol–water partition coefficient (Wildman–Crippen LogP) is 2.42. The molecule has 2 aromatic carbocycles. The molecule has 27 heavy (non-hydrogen) atoms. The highest BCUT2D eigenvalue weighted by atomic mass is 32.2. The lowest BCUT2D eigenvalue weighted by atomic mass is 10.2. The van der Waals surface area contributed by atoms with E-state index in [-0.39, 0.29) is 17.7 Å². The van der Waals surface area contributed by atoms with E-state index in [1.807, 2.05) is 18.2 Å². The Morgan fingerprint density at radius 1 is 1.19 bits per heavy atom. The number of ether oxygens (including phenoxy) is 2. The molecule has 0 unspecified atom stereocenters. The first-order chi connectivity index (χ1) is 12.9. The average molecular weight is 392 g/mol. The molecule has 0 amide bonds. The van der Waals surface area contributed by atoms with Crippen LogP contribution in [0.15, 0.2) is 41.3 Å². The number of hydrogen-bond acceptors (Lipinski definition) is 5. The number of fused-ring (bicyclic) bond motifs is 1. The standard InChI is InChI=1S/C19H21FN2O4S/c1-13-2-4-15(20)9-19(13)27(23,24)21-16-6-7-22(11-16)10-14-3-5-17-18(8-14)26-12-25-17/h2-5,8-9,16,21H,6-7,10-12H2,1H3/t16-/m1/s1. The van der Waals surface area contributed by atoms with E-state index in [2.05, 4.69) is 9.62 Å². The van der Waals surface area contributed by atoms with Gasteiger partial charge in [0.2, 0.25) is 16.8 Å². The van der Waals surface area contributed by atoms with E-state index in [1.165, 1.54) is 12.1 Å². The van der Waals surface area contributed by atoms with Gasteiger partial charge in [0.05, 0.1) is 4.90 Å². The summed E-state index contributed by atoms with van der Waals surface area (Å²) in [5.74, 6) is 0.929. The Bertz CT molecular complexity index is 964. The summed E-state index contributed by atoms with van der Waals surface area (Å²) in [7, 11) is -3.75. The molecule has 0 bridgehead atoms. The molecule has 0 aliphatic carbocycles. The first-order valence-corrected chi connectivity index (χ1v) is 10.3. The van der Waals surface area contributed by atoms with Crippen molar-refractivity contribution >= 4 is 10.0 Å². The van der Waals surface area contributed by atoms with Crippen molar-refractivity contribution in [2.45, 2.75) is 30.8 Å². The molecule has 0 radical (unpaired) electrons. The minimum atomic E-state index is -3.75. The average Bonchev–Trinajstić information content (AvgIpc) is 3.25. The van der Waals surface area contributed by atoms with E-state index < -0.39 is 15.8 Å². The normalized spacial score (nSPS) is 19.6. The van der Waals surface area contributed by atoms with Crippen LogP contribution in [-0.4, -0.2) is 39.2 Å². The molecule has 2 aliphatic heterocycles. The molecule has 2 heterocycles. The van der Waals surface area contributed by atoms with Gasteiger partial charge >= 0.3 is 0 Å². The fourth-order valence-corrected chi connectivity index (χ4v) is 5.03. The number of nitrogens with zero attached hydrogens (tertiary/aromatic N) is 1. The van der Waals surface area contributed by atoms with E-state index in [9.17, 15) is 12.8 Å². The summed E-state index contributed by atoms with van der Waals surface area (Å²) in [5, 5.41) is 0. The lowest BCUT2D eigenvalue weighted by Crippen LogP contribution is -2.37. The van der Waals surface area contributed by atoms with E-state index in [4.69, 9.17) is 9.47 Å². The molecule has 1 N–H and O–H groups in total. The Morgan fingerprint density at radius 2 is 2.00 bits per heavy atom. The Kier molecular flexibility index (Phi) is 4.79. The molecule has 1 fully saturated rings. The molecule has 8 heteroatoms. The van der Waals surface area contributed by atoms with Crippen LogP contribution < -0.4 is 14.2 Å². The van der Waals surface area contributed by atoms with Crippen molar-refractivity contribution in [2.75, 3.05) is 19.9 Å². The van der Waals surface area contributed by atoms with E-state index in [0.717, 1.165) is 29.7 Å². The molecule has 6 nitrogen and oxygen atoms in total. The van der Waals surface area contributed by atoms with Crippen LogP contribution in [-0.2, 0) is 16.6 Å². The zero-order chi connectivity index (χ0) is 19.0. The van der Waals surface area contributed by atoms with Gasteiger partial charge in [-0.2, -0.15) is 0 Å². The molecule has 0 spiro atoms. The minimum Gasteiger partial charge on any atom is -0.454 e. The van der Waals surface area contributed by atoms with Gasteiger partial charge in [0.15, 0.2) is 11.5 Å². The number of nitrogens with one attached hydrogen (secondary N) is 1. The van der Waals surface area contributed by atoms with Crippen LogP contribution in [0.4, 0.5) is 4.39 Å². The zero-order valence-corrected chi connectivity index (χ0v) is 15.8. The second-order valence-electron chi connectivity index (χ2n) is 6.94. The summed E-state index contributed by atoms with van der Waals surface area (Å²) < 4.78 is 52.2. The third-order valence-corrected chi connectivity index (χ3v) is 6.54. The number of sulfonamides is 1. The van der Waals surface area contributed by atoms with Crippen LogP contribution in [0.5, 0.6) is 11.5 Å². The minimum absolute atomic E-state index is 0.00304. The molecular formula is C19H21FN2O4S. The van der Waals surface area contributed by atoms with E-state index in [1.54, 1.807) is 6.92 Å². The van der Waals surface area contributed by atoms with Gasteiger partial charge in [-0.25, -0.2) is 17.5 Å². The van der Waals surface area contributed by atoms with Crippen molar-refractivity contribution in [3.8, 4) is 11.5 Å². The van der Waals surface area contributed by atoms with Crippen LogP contribution in [0.25, 0.3) is 0 Å². The van der Waals surface area contributed by atoms with E-state index in [0.29, 0.717) is 25.1 Å². The first kappa shape index (κ1) is 18.2. The molecule has 0 aromatic heterocycles. The van der Waals surface area contributed by atoms with Gasteiger partial charge in [0.1, 0.15) is 5.82 Å². The highest BCUT2D eigenvalue weighted by molar-refractivity contribution is 7.89. The summed E-state index contributed by atoms with van der Waals surface area (Å²) in [5.41, 5.74) is 1.61. The van der Waals surface area contributed by atoms with Gasteiger partial charge in [-0.15, -0.1) is 0 Å². The van der Waals surface area contributed by atoms with Crippen LogP contribution >= 0.6 is 0 Å². The monoisotopic (exact) mass is 392 g/mol. The van der Waals surface area contributed by atoms with Crippen molar-refractivity contribution in [2.24, 2.45) is 0 Å². The highest BCUT2D eigenvalue weighted by Crippen LogP contribution is 2.33. The van der Waals surface area contributed by atoms with Crippen molar-refractivity contribution in [3.05, 3.63) is 53.3 Å². The van der Waals surface area contributed by atoms with Gasteiger partial charge in [-0.05, 0) is 48.7 Å². The number of benzene rings is 2. The summed E-state index contributed by atoms with van der Waals surface area (Å²) in [4.78, 5) is 2.18. The largest absolute Gasteiger partial charge is 0.454 e. The third-order valence-electron chi connectivity index (χ3n) is 4.88. The van der Waals surface area contributed by atoms with Crippen LogP contribution in [0.2, 0.25) is 0 Å². The molecule has 4 rings (SSSR count). The SMILES string of the molecule is Cc1ccc(F)cc1S(=O)(=O)N[C@@H]1CCN(Cc2ccc3c(c2)OCO3)C1. The predicted molar refractivity (Wildman–Crippen MR) is 97.7 cm³/mol. The van der Waals surface area contributed by atoms with Crippen molar-refractivity contribution in [1.29, 1.82) is 0 Å². The van der Waals surface area contributed by atoms with E-state index >= 15 is 0 Å². The maximum atomic E-state index is 13.5. The molecular weight excluding hydrogens is 371 g/mol. The second-order valence-corrected chi connectivity index (χ2v) is 8.62. The number of rotatable bonds is 5. The molecule has 1 saturated heterocycles. The first-order valence-electron chi connectivity index (χ1n) is 8.80. The lowest BCUT2D eigenvalue weighted by Gasteiger charge is -2.17. The topological polar surface area (TPSA) is 67.9 Å². The smallest absolute Gasteiger partial charge is 0.241 e. The molecule has 2 aromatic rings. The number of hydrogen-bond donors (Lipinski definition) is 1. The molecule has 2 aliphatic rings.